The van der Waals surface area contributed by atoms with Gasteiger partial charge in [-0.1, -0.05) is 62.7 Å². The molecule has 2 aromatic carbocycles. The molecule has 4 rings (SSSR count). The van der Waals surface area contributed by atoms with E-state index in [0.717, 1.165) is 24.6 Å². The van der Waals surface area contributed by atoms with Crippen LogP contribution in [0.4, 0.5) is 0 Å². The number of amides is 9. The van der Waals surface area contributed by atoms with Crippen molar-refractivity contribution in [1.82, 2.24) is 57.4 Å². The van der Waals surface area contributed by atoms with Gasteiger partial charge in [-0.25, -0.2) is 4.98 Å². The number of carboxylic acid groups (broad SMARTS) is 1. The number of rotatable bonds is 35. The molecule has 0 saturated heterocycles. The molecule has 1 aromatic heterocycles. The number of hydrogen-bond donors (Lipinski definition) is 16. The van der Waals surface area contributed by atoms with Gasteiger partial charge in [-0.3, -0.25) is 52.9 Å². The molecule has 1 fully saturated rings. The molecule has 1 aliphatic carbocycles. The molecule has 0 aliphatic heterocycles. The highest BCUT2D eigenvalue weighted by Gasteiger charge is 2.41. The summed E-state index contributed by atoms with van der Waals surface area (Å²) in [5.74, 6) is -9.61. The van der Waals surface area contributed by atoms with E-state index in [1.54, 1.807) is 32.0 Å². The van der Waals surface area contributed by atoms with Crippen molar-refractivity contribution in [2.24, 2.45) is 33.8 Å². The number of nitrogens with zero attached hydrogens (tertiary/aromatic N) is 3. The first-order valence-electron chi connectivity index (χ1n) is 27.6. The van der Waals surface area contributed by atoms with Gasteiger partial charge in [0.1, 0.15) is 48.8 Å². The Bertz CT molecular complexity index is 2730. The molecule has 0 bridgehead atoms. The van der Waals surface area contributed by atoms with Crippen LogP contribution in [0, 0.1) is 5.92 Å². The van der Waals surface area contributed by atoms with Crippen molar-refractivity contribution >= 4 is 75.9 Å². The first kappa shape index (κ1) is 67.2. The molecule has 456 valence electrons. The van der Waals surface area contributed by atoms with Crippen molar-refractivity contribution in [2.75, 3.05) is 26.2 Å². The minimum atomic E-state index is -1.84. The Morgan fingerprint density at radius 3 is 1.93 bits per heavy atom. The number of carbonyl (C=O) groups excluding carboxylic acids is 9. The second-order valence-corrected chi connectivity index (χ2v) is 20.7. The molecule has 20 N–H and O–H groups in total. The Balaban J connectivity index is 1.49. The fraction of sp³-hybridized carbons (Fsp3) is 0.556. The Labute approximate surface area is 480 Å². The lowest BCUT2D eigenvalue weighted by molar-refractivity contribution is -0.147. The van der Waals surface area contributed by atoms with Gasteiger partial charge < -0.3 is 90.7 Å². The summed E-state index contributed by atoms with van der Waals surface area (Å²) in [6.45, 7) is 6.21. The van der Waals surface area contributed by atoms with E-state index in [1.165, 1.54) is 24.3 Å². The highest BCUT2D eigenvalue weighted by atomic mass is 16.4. The van der Waals surface area contributed by atoms with E-state index in [-0.39, 0.29) is 57.2 Å². The molecule has 1 aliphatic rings. The summed E-state index contributed by atoms with van der Waals surface area (Å²) >= 11 is 0. The number of H-pyrrole nitrogens is 1. The lowest BCUT2D eigenvalue weighted by atomic mass is 9.96. The lowest BCUT2D eigenvalue weighted by Gasteiger charge is -2.31. The molecule has 0 radical (unpaired) electrons. The number of aliphatic hydroxyl groups is 2. The minimum Gasteiger partial charge on any atom is -0.480 e. The fourth-order valence-electron chi connectivity index (χ4n) is 8.79. The average molecular weight is 1160 g/mol. The summed E-state index contributed by atoms with van der Waals surface area (Å²) in [6, 6.07) is 1.20. The number of aromatic nitrogens is 2. The Kier molecular flexibility index (Phi) is 26.7. The third kappa shape index (κ3) is 21.5. The molecule has 29 heteroatoms. The summed E-state index contributed by atoms with van der Waals surface area (Å²) in [5.41, 5.74) is 23.5. The zero-order chi connectivity index (χ0) is 61.5. The largest absolute Gasteiger partial charge is 0.480 e. The van der Waals surface area contributed by atoms with Crippen molar-refractivity contribution < 1.29 is 63.3 Å². The van der Waals surface area contributed by atoms with Crippen LogP contribution in [-0.4, -0.2) is 188 Å². The fourth-order valence-corrected chi connectivity index (χ4v) is 8.79. The number of nitrogens with two attached hydrogens (primary N) is 4. The third-order valence-electron chi connectivity index (χ3n) is 13.9. The number of carboxylic acids is 1. The first-order valence-corrected chi connectivity index (χ1v) is 27.6. The van der Waals surface area contributed by atoms with Gasteiger partial charge in [-0.05, 0) is 88.1 Å². The molecule has 1 unspecified atom stereocenters. The van der Waals surface area contributed by atoms with Gasteiger partial charge in [-0.15, -0.1) is 0 Å². The van der Waals surface area contributed by atoms with Crippen molar-refractivity contribution in [3.8, 4) is 0 Å². The molecule has 0 spiro atoms. The van der Waals surface area contributed by atoms with Gasteiger partial charge in [0.2, 0.25) is 53.2 Å². The first-order chi connectivity index (χ1) is 39.3. The maximum Gasteiger partial charge on any atom is 0.323 e. The van der Waals surface area contributed by atoms with Gasteiger partial charge in [0.15, 0.2) is 5.96 Å². The van der Waals surface area contributed by atoms with Crippen LogP contribution in [0.5, 0.6) is 0 Å². The number of imidazole rings is 1. The van der Waals surface area contributed by atoms with Crippen LogP contribution in [0.3, 0.4) is 0 Å². The molecular weight excluding hydrogens is 1080 g/mol. The smallest absolute Gasteiger partial charge is 0.323 e. The number of carbonyl (C=O) groups is 10. The van der Waals surface area contributed by atoms with E-state index >= 15 is 0 Å². The molecule has 1 heterocycles. The molecule has 3 aromatic rings. The second kappa shape index (κ2) is 33.0. The van der Waals surface area contributed by atoms with Crippen LogP contribution in [0.2, 0.25) is 0 Å². The van der Waals surface area contributed by atoms with Crippen LogP contribution in [0.25, 0.3) is 10.8 Å². The molecule has 83 heavy (non-hydrogen) atoms. The van der Waals surface area contributed by atoms with Crippen LogP contribution >= 0.6 is 0 Å². The molecule has 29 nitrogen and oxygen atoms in total. The van der Waals surface area contributed by atoms with Crippen LogP contribution in [0.15, 0.2) is 60.0 Å². The van der Waals surface area contributed by atoms with Crippen molar-refractivity contribution in [2.45, 2.75) is 159 Å². The van der Waals surface area contributed by atoms with Crippen molar-refractivity contribution in [3.05, 3.63) is 66.2 Å². The molecular formula is C54H82N16O13. The summed E-state index contributed by atoms with van der Waals surface area (Å²) in [5, 5.41) is 52.8. The van der Waals surface area contributed by atoms with Crippen LogP contribution in [0.1, 0.15) is 90.8 Å². The van der Waals surface area contributed by atoms with Crippen LogP contribution < -0.4 is 65.5 Å². The zero-order valence-corrected chi connectivity index (χ0v) is 47.4. The number of nitrogens with one attached hydrogen (secondary N) is 9. The van der Waals surface area contributed by atoms with E-state index in [2.05, 4.69) is 57.5 Å². The van der Waals surface area contributed by atoms with Gasteiger partial charge >= 0.3 is 5.97 Å². The molecule has 11 atom stereocenters. The van der Waals surface area contributed by atoms with Gasteiger partial charge in [0.25, 0.3) is 0 Å². The SMILES string of the molecule is CCC(C)[C@H](NC(=O)[C@H](CCCN)NC(=O)CNC(=O)[C@@H](NC(=O)[C@@H](NC(=O)[C@H](Cc1cnc[nH]1)NC(=O)[C@H](Cc1cccc2ccccc12)NC(=O)[C@H](C)NC(=O)[C@@H](N)CCCN=C(N)N)[C@@H](C)O)[C@@H](C)O)C(=O)N(CC(=O)O)C1CC1. The summed E-state index contributed by atoms with van der Waals surface area (Å²) in [4.78, 5) is 147. The number of hydrogen-bond acceptors (Lipinski definition) is 16. The number of guanidine groups is 1. The maximum absolute atomic E-state index is 14.5. The van der Waals surface area contributed by atoms with E-state index < -0.39 is 139 Å². The Morgan fingerprint density at radius 1 is 0.711 bits per heavy atom. The van der Waals surface area contributed by atoms with E-state index in [1.807, 2.05) is 24.3 Å². The molecule has 1 saturated carbocycles. The highest BCUT2D eigenvalue weighted by molar-refractivity contribution is 5.99. The monoisotopic (exact) mass is 1160 g/mol. The third-order valence-corrected chi connectivity index (χ3v) is 13.9. The maximum atomic E-state index is 14.5. The predicted molar refractivity (Wildman–Crippen MR) is 304 cm³/mol. The summed E-state index contributed by atoms with van der Waals surface area (Å²) < 4.78 is 0. The standard InChI is InChI=1S/C54H82N16O13/c1-6-28(2)43(53(83)70(26-42(74)75)35-18-19-35)67-48(78)38(17-10-20-55)64-41(73)25-61-51(81)44(30(4)71)69-52(82)45(31(5)72)68-50(80)40(23-34-24-59-27-62-34)66-49(79)39(22-33-14-9-13-32-12-7-8-15-36(32)33)65-46(76)29(3)63-47(77)37(56)16-11-21-60-54(57)58/h7-9,12-15,24,27-31,35,37-40,43-45,71-72H,6,10-11,16-23,25-26,55-56H2,1-5H3,(H,59,62)(H,61,81)(H,63,77)(H,64,73)(H,65,76)(H,66,79)(H,67,78)(H,68,80)(H,69,82)(H,74,75)(H4,57,58,60)/t28?,29-,30+,31+,37-,38-,39-,40-,43-,44-,45-/m0/s1. The quantitative estimate of drug-likeness (QED) is 0.0151. The second-order valence-electron chi connectivity index (χ2n) is 20.7. The highest BCUT2D eigenvalue weighted by Crippen LogP contribution is 2.28. The van der Waals surface area contributed by atoms with E-state index in [0.29, 0.717) is 36.9 Å². The van der Waals surface area contributed by atoms with Gasteiger partial charge in [-0.2, -0.15) is 0 Å². The number of aliphatic carboxylic acids is 1. The summed E-state index contributed by atoms with van der Waals surface area (Å²) in [6.07, 6.45) is 1.48. The number of aromatic amines is 1. The number of aliphatic imine (C=N–C) groups is 1. The number of fused-ring (bicyclic) bond motifs is 1. The minimum absolute atomic E-state index is 0.0141. The van der Waals surface area contributed by atoms with Crippen LogP contribution in [-0.2, 0) is 60.8 Å². The Morgan fingerprint density at radius 2 is 1.31 bits per heavy atom. The van der Waals surface area contributed by atoms with E-state index in [4.69, 9.17) is 22.9 Å². The number of aliphatic hydroxyl groups excluding tert-OH is 2. The lowest BCUT2D eigenvalue weighted by Crippen LogP contribution is -2.63. The van der Waals surface area contributed by atoms with Crippen molar-refractivity contribution in [1.29, 1.82) is 0 Å². The predicted octanol–water partition coefficient (Wildman–Crippen LogP) is -4.12. The van der Waals surface area contributed by atoms with Crippen molar-refractivity contribution in [3.63, 3.8) is 0 Å². The average Bonchev–Trinajstić information content (AvgIpc) is 4.40. The van der Waals surface area contributed by atoms with Gasteiger partial charge in [0.05, 0.1) is 31.1 Å². The Hall–Kier alpha value is -8.28. The topological polar surface area (TPSA) is 476 Å². The zero-order valence-electron chi connectivity index (χ0n) is 47.4. The van der Waals surface area contributed by atoms with E-state index in [9.17, 15) is 63.3 Å². The summed E-state index contributed by atoms with van der Waals surface area (Å²) in [7, 11) is 0. The normalized spacial score (nSPS) is 16.0. The number of benzene rings is 2. The molecule has 9 amide bonds. The van der Waals surface area contributed by atoms with Gasteiger partial charge in [0, 0.05) is 37.3 Å².